The summed E-state index contributed by atoms with van der Waals surface area (Å²) in [4.78, 5) is 16.7. The number of nitrogens with zero attached hydrogens (tertiary/aromatic N) is 1. The van der Waals surface area contributed by atoms with Gasteiger partial charge in [-0.05, 0) is 24.6 Å². The molecule has 0 radical (unpaired) electrons. The number of carbonyl (C=O) groups excluding carboxylic acids is 1. The molecule has 0 aliphatic carbocycles. The van der Waals surface area contributed by atoms with Crippen LogP contribution >= 0.6 is 0 Å². The molecule has 1 aliphatic rings. The quantitative estimate of drug-likeness (QED) is 0.875. The van der Waals surface area contributed by atoms with E-state index in [9.17, 15) is 13.2 Å². The molecule has 0 saturated carbocycles. The average molecular weight is 360 g/mol. The van der Waals surface area contributed by atoms with Crippen molar-refractivity contribution in [1.29, 1.82) is 0 Å². The molecule has 1 N–H and O–H groups in total. The number of para-hydroxylation sites is 1. The Hall–Kier alpha value is -2.41. The third kappa shape index (κ3) is 4.36. The van der Waals surface area contributed by atoms with Gasteiger partial charge in [0.1, 0.15) is 5.75 Å². The van der Waals surface area contributed by atoms with Crippen LogP contribution in [0, 0.1) is 0 Å². The Morgan fingerprint density at radius 1 is 1.32 bits per heavy atom. The third-order valence-corrected chi connectivity index (χ3v) is 5.98. The predicted octanol–water partition coefficient (Wildman–Crippen LogP) is 1.60. The maximum Gasteiger partial charge on any atom is 0.251 e. The van der Waals surface area contributed by atoms with Crippen molar-refractivity contribution in [1.82, 2.24) is 10.3 Å². The normalized spacial score (nSPS) is 18.7. The first-order valence-electron chi connectivity index (χ1n) is 8.05. The van der Waals surface area contributed by atoms with Gasteiger partial charge in [0.25, 0.3) is 5.91 Å². The monoisotopic (exact) mass is 360 g/mol. The predicted molar refractivity (Wildman–Crippen MR) is 94.6 cm³/mol. The van der Waals surface area contributed by atoms with E-state index in [4.69, 9.17) is 4.74 Å². The summed E-state index contributed by atoms with van der Waals surface area (Å²) in [7, 11) is -1.40. The molecule has 25 heavy (non-hydrogen) atoms. The van der Waals surface area contributed by atoms with Crippen LogP contribution in [-0.4, -0.2) is 44.0 Å². The van der Waals surface area contributed by atoms with E-state index in [0.29, 0.717) is 18.4 Å². The lowest BCUT2D eigenvalue weighted by Gasteiger charge is -2.12. The number of carbonyl (C=O) groups is 1. The minimum atomic E-state index is -3.02. The lowest BCUT2D eigenvalue weighted by atomic mass is 10.1. The second-order valence-corrected chi connectivity index (χ2v) is 8.33. The number of pyridine rings is 1. The maximum atomic E-state index is 12.4. The van der Waals surface area contributed by atoms with Gasteiger partial charge in [0.2, 0.25) is 0 Å². The molecule has 1 aromatic heterocycles. The Balaban J connectivity index is 1.72. The molecule has 7 heteroatoms. The van der Waals surface area contributed by atoms with Gasteiger partial charge in [-0.1, -0.05) is 18.2 Å². The summed E-state index contributed by atoms with van der Waals surface area (Å²) >= 11 is 0. The summed E-state index contributed by atoms with van der Waals surface area (Å²) in [5.74, 6) is 0.645. The van der Waals surface area contributed by atoms with Gasteiger partial charge in [0.05, 0.1) is 18.6 Å². The summed E-state index contributed by atoms with van der Waals surface area (Å²) < 4.78 is 28.3. The van der Waals surface area contributed by atoms with Crippen LogP contribution in [0.15, 0.2) is 42.6 Å². The summed E-state index contributed by atoms with van der Waals surface area (Å²) in [6.45, 7) is 0. The lowest BCUT2D eigenvalue weighted by molar-refractivity contribution is 0.0941. The Bertz CT molecular complexity index is 880. The van der Waals surface area contributed by atoms with Crippen molar-refractivity contribution in [2.75, 3.05) is 18.6 Å². The van der Waals surface area contributed by atoms with Gasteiger partial charge in [-0.25, -0.2) is 8.42 Å². The topological polar surface area (TPSA) is 85.4 Å². The molecule has 2 aromatic rings. The first-order chi connectivity index (χ1) is 12.0. The van der Waals surface area contributed by atoms with Crippen molar-refractivity contribution in [3.05, 3.63) is 59.4 Å². The Morgan fingerprint density at radius 2 is 2.12 bits per heavy atom. The van der Waals surface area contributed by atoms with E-state index < -0.39 is 9.84 Å². The summed E-state index contributed by atoms with van der Waals surface area (Å²) in [5, 5.41) is 2.79. The zero-order valence-corrected chi connectivity index (χ0v) is 14.8. The second-order valence-electron chi connectivity index (χ2n) is 6.10. The van der Waals surface area contributed by atoms with E-state index in [-0.39, 0.29) is 23.5 Å². The molecule has 1 fully saturated rings. The number of hydrogen-bond donors (Lipinski definition) is 1. The zero-order valence-electron chi connectivity index (χ0n) is 13.9. The van der Waals surface area contributed by atoms with Crippen molar-refractivity contribution < 1.29 is 17.9 Å². The number of benzene rings is 1. The maximum absolute atomic E-state index is 12.4. The SMILES string of the molecule is COc1ccccc1Cc1cc(C(=O)N[C@H]2CCS(=O)(=O)C2)ccn1. The molecule has 1 aliphatic heterocycles. The van der Waals surface area contributed by atoms with Crippen molar-refractivity contribution >= 4 is 15.7 Å². The summed E-state index contributed by atoms with van der Waals surface area (Å²) in [5.41, 5.74) is 2.21. The molecule has 1 amide bonds. The third-order valence-electron chi connectivity index (χ3n) is 4.21. The summed E-state index contributed by atoms with van der Waals surface area (Å²) in [6.07, 6.45) is 2.60. The van der Waals surface area contributed by atoms with E-state index in [2.05, 4.69) is 10.3 Å². The number of sulfone groups is 1. The smallest absolute Gasteiger partial charge is 0.251 e. The van der Waals surface area contributed by atoms with Crippen LogP contribution in [0.25, 0.3) is 0 Å². The highest BCUT2D eigenvalue weighted by atomic mass is 32.2. The van der Waals surface area contributed by atoms with E-state index in [1.54, 1.807) is 25.4 Å². The van der Waals surface area contributed by atoms with Crippen LogP contribution in [0.4, 0.5) is 0 Å². The largest absolute Gasteiger partial charge is 0.496 e. The molecular weight excluding hydrogens is 340 g/mol. The Labute approximate surface area is 147 Å². The number of aromatic nitrogens is 1. The molecule has 6 nitrogen and oxygen atoms in total. The number of ether oxygens (including phenoxy) is 1. The molecule has 1 aromatic carbocycles. The Morgan fingerprint density at radius 3 is 2.84 bits per heavy atom. The highest BCUT2D eigenvalue weighted by Crippen LogP contribution is 2.20. The van der Waals surface area contributed by atoms with Gasteiger partial charge < -0.3 is 10.1 Å². The van der Waals surface area contributed by atoms with Gasteiger partial charge >= 0.3 is 0 Å². The molecule has 132 valence electrons. The van der Waals surface area contributed by atoms with Crippen LogP contribution in [-0.2, 0) is 16.3 Å². The first-order valence-corrected chi connectivity index (χ1v) is 9.87. The van der Waals surface area contributed by atoms with Crippen LogP contribution in [0.5, 0.6) is 5.75 Å². The van der Waals surface area contributed by atoms with E-state index in [1.165, 1.54) is 0 Å². The molecule has 2 heterocycles. The molecule has 0 bridgehead atoms. The van der Waals surface area contributed by atoms with Crippen LogP contribution in [0.3, 0.4) is 0 Å². The Kier molecular flexibility index (Phi) is 5.03. The van der Waals surface area contributed by atoms with Crippen LogP contribution in [0.1, 0.15) is 28.0 Å². The standard InChI is InChI=1S/C18H20N2O4S/c1-24-17-5-3-2-4-13(17)10-16-11-14(6-8-19-16)18(21)20-15-7-9-25(22,23)12-15/h2-6,8,11,15H,7,9-10,12H2,1H3,(H,20,21)/t15-/m0/s1. The first kappa shape index (κ1) is 17.4. The number of nitrogens with one attached hydrogen (secondary N) is 1. The van der Waals surface area contributed by atoms with Crippen molar-refractivity contribution in [2.45, 2.75) is 18.9 Å². The number of rotatable bonds is 5. The van der Waals surface area contributed by atoms with Crippen LogP contribution in [0.2, 0.25) is 0 Å². The fraction of sp³-hybridized carbons (Fsp3) is 0.333. The lowest BCUT2D eigenvalue weighted by Crippen LogP contribution is -2.35. The van der Waals surface area contributed by atoms with Crippen molar-refractivity contribution in [3.63, 3.8) is 0 Å². The molecule has 1 saturated heterocycles. The minimum Gasteiger partial charge on any atom is -0.496 e. The highest BCUT2D eigenvalue weighted by Gasteiger charge is 2.29. The molecule has 3 rings (SSSR count). The van der Waals surface area contributed by atoms with E-state index in [1.807, 2.05) is 24.3 Å². The van der Waals surface area contributed by atoms with Gasteiger partial charge in [0, 0.05) is 35.5 Å². The molecule has 0 spiro atoms. The second kappa shape index (κ2) is 7.23. The van der Waals surface area contributed by atoms with Gasteiger partial charge in [0.15, 0.2) is 9.84 Å². The fourth-order valence-corrected chi connectivity index (χ4v) is 4.61. The number of hydrogen-bond acceptors (Lipinski definition) is 5. The minimum absolute atomic E-state index is 0.0118. The molecule has 0 unspecified atom stereocenters. The van der Waals surface area contributed by atoms with Crippen molar-refractivity contribution in [3.8, 4) is 5.75 Å². The zero-order chi connectivity index (χ0) is 17.9. The highest BCUT2D eigenvalue weighted by molar-refractivity contribution is 7.91. The average Bonchev–Trinajstić information content (AvgIpc) is 2.94. The fourth-order valence-electron chi connectivity index (χ4n) is 2.94. The molecular formula is C18H20N2O4S. The molecule has 1 atom stereocenters. The number of amides is 1. The van der Waals surface area contributed by atoms with Crippen LogP contribution < -0.4 is 10.1 Å². The van der Waals surface area contributed by atoms with Gasteiger partial charge in [-0.3, -0.25) is 9.78 Å². The van der Waals surface area contributed by atoms with Crippen molar-refractivity contribution in [2.24, 2.45) is 0 Å². The van der Waals surface area contributed by atoms with Gasteiger partial charge in [-0.15, -0.1) is 0 Å². The number of methoxy groups -OCH3 is 1. The van der Waals surface area contributed by atoms with Gasteiger partial charge in [-0.2, -0.15) is 0 Å². The van der Waals surface area contributed by atoms with E-state index >= 15 is 0 Å². The van der Waals surface area contributed by atoms with E-state index in [0.717, 1.165) is 17.0 Å². The summed E-state index contributed by atoms with van der Waals surface area (Å²) in [6, 6.07) is 10.7.